The third-order valence-corrected chi connectivity index (χ3v) is 0.988. The van der Waals surface area contributed by atoms with Gasteiger partial charge in [-0.1, -0.05) is 27.2 Å². The molecule has 0 saturated heterocycles. The normalized spacial score (nSPS) is 8.30. The van der Waals surface area contributed by atoms with E-state index in [0.717, 1.165) is 6.42 Å². The van der Waals surface area contributed by atoms with E-state index in [4.69, 9.17) is 4.42 Å². The zero-order chi connectivity index (χ0) is 7.82. The minimum absolute atomic E-state index is 1.07. The lowest BCUT2D eigenvalue weighted by Gasteiger charge is -1.76. The largest absolute Gasteiger partial charge is 0.472 e. The Balaban J connectivity index is 0.000000236. The molecule has 0 unspecified atom stereocenters. The summed E-state index contributed by atoms with van der Waals surface area (Å²) in [5.74, 6) is 0. The Morgan fingerprint density at radius 2 is 1.90 bits per heavy atom. The first kappa shape index (κ1) is 9.28. The van der Waals surface area contributed by atoms with Crippen LogP contribution in [0.1, 0.15) is 32.8 Å². The molecule has 58 valence electrons. The summed E-state index contributed by atoms with van der Waals surface area (Å²) in [5, 5.41) is 0. The second-order valence-electron chi connectivity index (χ2n) is 2.19. The molecule has 0 bridgehead atoms. The van der Waals surface area contributed by atoms with Crippen LogP contribution in [0, 0.1) is 0 Å². The van der Waals surface area contributed by atoms with Crippen LogP contribution in [0.2, 0.25) is 0 Å². The Morgan fingerprint density at radius 3 is 2.10 bits per heavy atom. The maximum atomic E-state index is 4.81. The molecule has 0 amide bonds. The first-order valence-corrected chi connectivity index (χ1v) is 3.86. The monoisotopic (exact) mass is 140 g/mol. The minimum atomic E-state index is 1.07. The summed E-state index contributed by atoms with van der Waals surface area (Å²) >= 11 is 0. The van der Waals surface area contributed by atoms with Gasteiger partial charge < -0.3 is 4.42 Å². The third kappa shape index (κ3) is 4.19. The van der Waals surface area contributed by atoms with Gasteiger partial charge in [0, 0.05) is 0 Å². The number of furan rings is 1. The fraction of sp³-hybridized carbons (Fsp3) is 0.556. The van der Waals surface area contributed by atoms with Crippen LogP contribution in [0.15, 0.2) is 23.0 Å². The quantitative estimate of drug-likeness (QED) is 0.583. The summed E-state index contributed by atoms with van der Waals surface area (Å²) < 4.78 is 4.81. The van der Waals surface area contributed by atoms with Crippen molar-refractivity contribution in [2.75, 3.05) is 0 Å². The van der Waals surface area contributed by atoms with E-state index in [9.17, 15) is 0 Å². The predicted octanol–water partition coefficient (Wildman–Crippen LogP) is 3.26. The van der Waals surface area contributed by atoms with Gasteiger partial charge in [-0.15, -0.1) is 0 Å². The molecule has 0 N–H and O–H groups in total. The van der Waals surface area contributed by atoms with Crippen LogP contribution in [0.3, 0.4) is 0 Å². The van der Waals surface area contributed by atoms with Crippen LogP contribution in [0.4, 0.5) is 0 Å². The van der Waals surface area contributed by atoms with E-state index in [1.54, 1.807) is 12.5 Å². The summed E-state index contributed by atoms with van der Waals surface area (Å²) in [5.41, 5.74) is 1.26. The Kier molecular flexibility index (Phi) is 5.94. The van der Waals surface area contributed by atoms with Gasteiger partial charge in [0.2, 0.25) is 0 Å². The summed E-state index contributed by atoms with van der Waals surface area (Å²) in [6, 6.07) is 1.97. The summed E-state index contributed by atoms with van der Waals surface area (Å²) in [7, 11) is 0. The van der Waals surface area contributed by atoms with Crippen molar-refractivity contribution in [3.63, 3.8) is 0 Å². The topological polar surface area (TPSA) is 13.1 Å². The number of hydrogen-bond donors (Lipinski definition) is 0. The summed E-state index contributed by atoms with van der Waals surface area (Å²) in [6.45, 7) is 6.35. The molecule has 0 aliphatic rings. The molecule has 0 aromatic carbocycles. The highest BCUT2D eigenvalue weighted by molar-refractivity contribution is 5.03. The third-order valence-electron chi connectivity index (χ3n) is 0.988. The first-order chi connectivity index (χ1) is 4.85. The van der Waals surface area contributed by atoms with Crippen molar-refractivity contribution in [1.29, 1.82) is 0 Å². The molecule has 1 rings (SSSR count). The lowest BCUT2D eigenvalue weighted by atomic mass is 10.3. The Labute approximate surface area is 63.1 Å². The maximum absolute atomic E-state index is 4.81. The van der Waals surface area contributed by atoms with Crippen molar-refractivity contribution < 1.29 is 4.42 Å². The van der Waals surface area contributed by atoms with Crippen LogP contribution < -0.4 is 0 Å². The molecule has 0 atom stereocenters. The van der Waals surface area contributed by atoms with Crippen molar-refractivity contribution in [2.45, 2.75) is 33.6 Å². The van der Waals surface area contributed by atoms with Gasteiger partial charge in [-0.05, 0) is 18.1 Å². The molecule has 0 fully saturated rings. The zero-order valence-electron chi connectivity index (χ0n) is 7.05. The maximum Gasteiger partial charge on any atom is 0.0934 e. The van der Waals surface area contributed by atoms with E-state index < -0.39 is 0 Å². The summed E-state index contributed by atoms with van der Waals surface area (Å²) in [6.07, 6.45) is 5.77. The highest BCUT2D eigenvalue weighted by Gasteiger charge is 1.83. The number of hydrogen-bond acceptors (Lipinski definition) is 1. The molecule has 10 heavy (non-hydrogen) atoms. The molecule has 0 saturated carbocycles. The Hall–Kier alpha value is -0.720. The number of rotatable bonds is 1. The fourth-order valence-corrected chi connectivity index (χ4v) is 0.494. The van der Waals surface area contributed by atoms with Crippen molar-refractivity contribution in [3.05, 3.63) is 24.2 Å². The molecular formula is C9H16O. The van der Waals surface area contributed by atoms with Crippen molar-refractivity contribution in [1.82, 2.24) is 0 Å². The van der Waals surface area contributed by atoms with Crippen LogP contribution in [-0.4, -0.2) is 0 Å². The standard InChI is InChI=1S/C6H8O.C3H8/c1-2-6-3-4-7-5-6;1-3-2/h3-5H,2H2,1H3;3H2,1-2H3. The van der Waals surface area contributed by atoms with Crippen LogP contribution in [0.25, 0.3) is 0 Å². The fourth-order valence-electron chi connectivity index (χ4n) is 0.494. The first-order valence-electron chi connectivity index (χ1n) is 3.86. The SMILES string of the molecule is CCC.CCc1ccoc1. The lowest BCUT2D eigenvalue weighted by molar-refractivity contribution is 0.564. The highest BCUT2D eigenvalue weighted by Crippen LogP contribution is 1.98. The van der Waals surface area contributed by atoms with E-state index >= 15 is 0 Å². The Bertz CT molecular complexity index is 130. The molecule has 0 aliphatic carbocycles. The molecule has 1 aromatic rings. The average Bonchev–Trinajstić information content (AvgIpc) is 2.39. The molecule has 1 heteroatoms. The van der Waals surface area contributed by atoms with Crippen molar-refractivity contribution in [2.24, 2.45) is 0 Å². The van der Waals surface area contributed by atoms with Gasteiger partial charge in [0.25, 0.3) is 0 Å². The molecule has 0 spiro atoms. The van der Waals surface area contributed by atoms with E-state index in [-0.39, 0.29) is 0 Å². The lowest BCUT2D eigenvalue weighted by Crippen LogP contribution is -1.66. The van der Waals surface area contributed by atoms with Gasteiger partial charge in [-0.2, -0.15) is 0 Å². The van der Waals surface area contributed by atoms with E-state index in [1.807, 2.05) is 6.07 Å². The summed E-state index contributed by atoms with van der Waals surface area (Å²) in [4.78, 5) is 0. The van der Waals surface area contributed by atoms with Gasteiger partial charge in [-0.3, -0.25) is 0 Å². The Morgan fingerprint density at radius 1 is 1.30 bits per heavy atom. The molecule has 1 heterocycles. The van der Waals surface area contributed by atoms with Crippen molar-refractivity contribution >= 4 is 0 Å². The van der Waals surface area contributed by atoms with Gasteiger partial charge >= 0.3 is 0 Å². The second-order valence-corrected chi connectivity index (χ2v) is 2.19. The van der Waals surface area contributed by atoms with E-state index in [2.05, 4.69) is 20.8 Å². The van der Waals surface area contributed by atoms with Crippen LogP contribution >= 0.6 is 0 Å². The molecule has 0 radical (unpaired) electrons. The van der Waals surface area contributed by atoms with E-state index in [1.165, 1.54) is 12.0 Å². The molecule has 1 aromatic heterocycles. The molecular weight excluding hydrogens is 124 g/mol. The van der Waals surface area contributed by atoms with Gasteiger partial charge in [0.05, 0.1) is 12.5 Å². The molecule has 1 nitrogen and oxygen atoms in total. The average molecular weight is 140 g/mol. The highest BCUT2D eigenvalue weighted by atomic mass is 16.3. The molecule has 0 aliphatic heterocycles. The van der Waals surface area contributed by atoms with Gasteiger partial charge in [-0.25, -0.2) is 0 Å². The number of aryl methyl sites for hydroxylation is 1. The smallest absolute Gasteiger partial charge is 0.0934 e. The van der Waals surface area contributed by atoms with Gasteiger partial charge in [0.1, 0.15) is 0 Å². The van der Waals surface area contributed by atoms with Gasteiger partial charge in [0.15, 0.2) is 0 Å². The predicted molar refractivity (Wildman–Crippen MR) is 44.1 cm³/mol. The van der Waals surface area contributed by atoms with Crippen molar-refractivity contribution in [3.8, 4) is 0 Å². The minimum Gasteiger partial charge on any atom is -0.472 e. The second kappa shape index (κ2) is 6.40. The van der Waals surface area contributed by atoms with Crippen LogP contribution in [-0.2, 0) is 6.42 Å². The van der Waals surface area contributed by atoms with E-state index in [0.29, 0.717) is 0 Å². The van der Waals surface area contributed by atoms with Crippen LogP contribution in [0.5, 0.6) is 0 Å². The zero-order valence-corrected chi connectivity index (χ0v) is 7.05.